The number of anilines is 1. The van der Waals surface area contributed by atoms with Crippen LogP contribution < -0.4 is 10.1 Å². The number of ether oxygens (including phenoxy) is 1. The van der Waals surface area contributed by atoms with Crippen LogP contribution in [0.2, 0.25) is 0 Å². The summed E-state index contributed by atoms with van der Waals surface area (Å²) in [6.07, 6.45) is 1.27. The Labute approximate surface area is 133 Å². The fourth-order valence-electron chi connectivity index (χ4n) is 2.33. The van der Waals surface area contributed by atoms with Crippen molar-refractivity contribution >= 4 is 11.6 Å². The van der Waals surface area contributed by atoms with Gasteiger partial charge in [0.2, 0.25) is 0 Å². The highest BCUT2D eigenvalue weighted by atomic mass is 16.5. The van der Waals surface area contributed by atoms with Crippen LogP contribution in [0.1, 0.15) is 16.1 Å². The van der Waals surface area contributed by atoms with Gasteiger partial charge in [0.05, 0.1) is 12.8 Å². The van der Waals surface area contributed by atoms with Crippen molar-refractivity contribution in [2.24, 2.45) is 0 Å². The van der Waals surface area contributed by atoms with E-state index in [9.17, 15) is 4.79 Å². The topological polar surface area (TPSA) is 64.4 Å². The molecule has 1 aromatic heterocycles. The van der Waals surface area contributed by atoms with Gasteiger partial charge in [-0.3, -0.25) is 4.79 Å². The van der Waals surface area contributed by atoms with Crippen LogP contribution in [0.25, 0.3) is 11.3 Å². The van der Waals surface area contributed by atoms with Crippen LogP contribution in [0, 0.1) is 6.92 Å². The van der Waals surface area contributed by atoms with E-state index in [0.29, 0.717) is 17.2 Å². The molecule has 0 atom stereocenters. The van der Waals surface area contributed by atoms with E-state index in [1.165, 1.54) is 6.39 Å². The van der Waals surface area contributed by atoms with Gasteiger partial charge in [-0.05, 0) is 25.1 Å². The fraction of sp³-hybridized carbons (Fsp3) is 0.111. The van der Waals surface area contributed by atoms with Crippen LogP contribution in [0.15, 0.2) is 59.3 Å². The quantitative estimate of drug-likeness (QED) is 0.793. The number of nitrogens with zero attached hydrogens (tertiary/aromatic N) is 1. The number of para-hydroxylation sites is 2. The molecule has 3 rings (SSSR count). The smallest absolute Gasteiger partial charge is 0.278 e. The average Bonchev–Trinajstić information content (AvgIpc) is 3.05. The summed E-state index contributed by atoms with van der Waals surface area (Å²) in [5.74, 6) is 0.683. The fourth-order valence-corrected chi connectivity index (χ4v) is 2.33. The summed E-state index contributed by atoms with van der Waals surface area (Å²) in [6.45, 7) is 1.98. The Kier molecular flexibility index (Phi) is 4.10. The van der Waals surface area contributed by atoms with Crippen LogP contribution in [0.3, 0.4) is 0 Å². The molecule has 0 aliphatic heterocycles. The molecule has 0 saturated heterocycles. The molecule has 116 valence electrons. The number of carbonyl (C=O) groups excluding carboxylic acids is 1. The van der Waals surface area contributed by atoms with E-state index in [0.717, 1.165) is 11.1 Å². The summed E-state index contributed by atoms with van der Waals surface area (Å²) < 4.78 is 10.7. The molecule has 1 N–H and O–H groups in total. The molecule has 0 saturated carbocycles. The highest BCUT2D eigenvalue weighted by Gasteiger charge is 2.19. The van der Waals surface area contributed by atoms with Crippen molar-refractivity contribution in [1.82, 2.24) is 4.98 Å². The summed E-state index contributed by atoms with van der Waals surface area (Å²) in [4.78, 5) is 16.6. The number of hydrogen-bond acceptors (Lipinski definition) is 4. The molecule has 0 radical (unpaired) electrons. The van der Waals surface area contributed by atoms with Gasteiger partial charge in [0.15, 0.2) is 17.8 Å². The lowest BCUT2D eigenvalue weighted by Gasteiger charge is -2.09. The van der Waals surface area contributed by atoms with E-state index in [1.807, 2.05) is 43.3 Å². The number of benzene rings is 2. The molecular formula is C18H16N2O3. The normalized spacial score (nSPS) is 10.3. The maximum atomic E-state index is 12.5. The van der Waals surface area contributed by atoms with Crippen LogP contribution in [-0.4, -0.2) is 18.0 Å². The molecular weight excluding hydrogens is 292 g/mol. The molecule has 1 heterocycles. The zero-order valence-corrected chi connectivity index (χ0v) is 12.9. The minimum Gasteiger partial charge on any atom is -0.495 e. The number of methoxy groups -OCH3 is 1. The predicted octanol–water partition coefficient (Wildman–Crippen LogP) is 3.91. The van der Waals surface area contributed by atoms with Crippen molar-refractivity contribution in [2.75, 3.05) is 12.4 Å². The molecule has 0 bridgehead atoms. The molecule has 5 heteroatoms. The average molecular weight is 308 g/mol. The lowest BCUT2D eigenvalue weighted by Crippen LogP contribution is -2.14. The van der Waals surface area contributed by atoms with Crippen LogP contribution in [0.5, 0.6) is 5.75 Å². The first-order valence-corrected chi connectivity index (χ1v) is 7.14. The summed E-state index contributed by atoms with van der Waals surface area (Å²) >= 11 is 0. The summed E-state index contributed by atoms with van der Waals surface area (Å²) in [5.41, 5.74) is 2.71. The second-order valence-electron chi connectivity index (χ2n) is 5.05. The lowest BCUT2D eigenvalue weighted by atomic mass is 10.1. The van der Waals surface area contributed by atoms with Gasteiger partial charge in [-0.2, -0.15) is 0 Å². The van der Waals surface area contributed by atoms with Gasteiger partial charge < -0.3 is 14.5 Å². The van der Waals surface area contributed by atoms with Gasteiger partial charge in [-0.25, -0.2) is 4.98 Å². The molecule has 0 aliphatic rings. The molecule has 23 heavy (non-hydrogen) atoms. The Morgan fingerprint density at radius 2 is 2.00 bits per heavy atom. The molecule has 0 aliphatic carbocycles. The number of aromatic nitrogens is 1. The first-order chi connectivity index (χ1) is 11.2. The number of hydrogen-bond donors (Lipinski definition) is 1. The number of amides is 1. The first kappa shape index (κ1) is 14.8. The van der Waals surface area contributed by atoms with Gasteiger partial charge >= 0.3 is 0 Å². The monoisotopic (exact) mass is 308 g/mol. The zero-order valence-electron chi connectivity index (χ0n) is 12.9. The third-order valence-corrected chi connectivity index (χ3v) is 3.42. The largest absolute Gasteiger partial charge is 0.495 e. The van der Waals surface area contributed by atoms with E-state index in [2.05, 4.69) is 10.3 Å². The molecule has 0 fully saturated rings. The Balaban J connectivity index is 1.91. The van der Waals surface area contributed by atoms with Crippen LogP contribution in [-0.2, 0) is 0 Å². The van der Waals surface area contributed by atoms with Crippen LogP contribution >= 0.6 is 0 Å². The van der Waals surface area contributed by atoms with E-state index >= 15 is 0 Å². The maximum absolute atomic E-state index is 12.5. The third kappa shape index (κ3) is 3.08. The number of nitrogens with one attached hydrogen (secondary N) is 1. The van der Waals surface area contributed by atoms with E-state index in [1.54, 1.807) is 19.2 Å². The summed E-state index contributed by atoms with van der Waals surface area (Å²) in [5, 5.41) is 2.80. The van der Waals surface area contributed by atoms with Gasteiger partial charge in [-0.1, -0.05) is 35.9 Å². The SMILES string of the molecule is COc1ccccc1NC(=O)c1ncoc1-c1cccc(C)c1. The standard InChI is InChI=1S/C18H16N2O3/c1-12-6-5-7-13(10-12)17-16(19-11-23-17)18(21)20-14-8-3-4-9-15(14)22-2/h3-11H,1-2H3,(H,20,21). The van der Waals surface area contributed by atoms with Crippen molar-refractivity contribution in [3.8, 4) is 17.1 Å². The van der Waals surface area contributed by atoms with Crippen LogP contribution in [0.4, 0.5) is 5.69 Å². The van der Waals surface area contributed by atoms with Crippen molar-refractivity contribution in [2.45, 2.75) is 6.92 Å². The second-order valence-corrected chi connectivity index (χ2v) is 5.05. The molecule has 2 aromatic carbocycles. The number of carbonyl (C=O) groups is 1. The van der Waals surface area contributed by atoms with Gasteiger partial charge in [-0.15, -0.1) is 0 Å². The number of rotatable bonds is 4. The highest BCUT2D eigenvalue weighted by molar-refractivity contribution is 6.07. The first-order valence-electron chi connectivity index (χ1n) is 7.14. The molecule has 5 nitrogen and oxygen atoms in total. The molecule has 1 amide bonds. The molecule has 3 aromatic rings. The lowest BCUT2D eigenvalue weighted by molar-refractivity contribution is 0.102. The second kappa shape index (κ2) is 6.36. The molecule has 0 unspecified atom stereocenters. The van der Waals surface area contributed by atoms with Gasteiger partial charge in [0.1, 0.15) is 5.75 Å². The summed E-state index contributed by atoms with van der Waals surface area (Å²) in [7, 11) is 1.55. The zero-order chi connectivity index (χ0) is 16.2. The van der Waals surface area contributed by atoms with Crippen molar-refractivity contribution < 1.29 is 13.9 Å². The Morgan fingerprint density at radius 3 is 2.78 bits per heavy atom. The Bertz CT molecular complexity index is 840. The predicted molar refractivity (Wildman–Crippen MR) is 87.6 cm³/mol. The van der Waals surface area contributed by atoms with E-state index in [4.69, 9.17) is 9.15 Å². The Hall–Kier alpha value is -3.08. The van der Waals surface area contributed by atoms with E-state index in [-0.39, 0.29) is 11.6 Å². The Morgan fingerprint density at radius 1 is 1.17 bits per heavy atom. The molecule has 0 spiro atoms. The van der Waals surface area contributed by atoms with E-state index < -0.39 is 0 Å². The summed E-state index contributed by atoms with van der Waals surface area (Å²) in [6, 6.07) is 14.9. The third-order valence-electron chi connectivity index (χ3n) is 3.42. The van der Waals surface area contributed by atoms with Gasteiger partial charge in [0, 0.05) is 5.56 Å². The highest BCUT2D eigenvalue weighted by Crippen LogP contribution is 2.27. The van der Waals surface area contributed by atoms with Crippen molar-refractivity contribution in [1.29, 1.82) is 0 Å². The van der Waals surface area contributed by atoms with Crippen molar-refractivity contribution in [3.05, 3.63) is 66.2 Å². The number of aryl methyl sites for hydroxylation is 1. The number of oxazole rings is 1. The maximum Gasteiger partial charge on any atom is 0.278 e. The minimum atomic E-state index is -0.347. The van der Waals surface area contributed by atoms with Crippen molar-refractivity contribution in [3.63, 3.8) is 0 Å². The minimum absolute atomic E-state index is 0.238. The van der Waals surface area contributed by atoms with Gasteiger partial charge in [0.25, 0.3) is 5.91 Å².